The van der Waals surface area contributed by atoms with E-state index in [1.54, 1.807) is 12.1 Å². The Labute approximate surface area is 131 Å². The maximum atomic E-state index is 11.8. The Balaban J connectivity index is 1.81. The van der Waals surface area contributed by atoms with Gasteiger partial charge in [0.25, 0.3) is 5.91 Å². The van der Waals surface area contributed by atoms with Crippen molar-refractivity contribution in [2.24, 2.45) is 0 Å². The largest absolute Gasteiger partial charge is 0.459 e. The Hall–Kier alpha value is -2.41. The van der Waals surface area contributed by atoms with Gasteiger partial charge in [0.2, 0.25) is 5.78 Å². The minimum atomic E-state index is -0.879. The van der Waals surface area contributed by atoms with Crippen molar-refractivity contribution < 1.29 is 23.5 Å². The third-order valence-electron chi connectivity index (χ3n) is 2.81. The van der Waals surface area contributed by atoms with Crippen molar-refractivity contribution in [3.8, 4) is 0 Å². The lowest BCUT2D eigenvalue weighted by molar-refractivity contribution is -0.144. The Morgan fingerprint density at radius 2 is 2.09 bits per heavy atom. The van der Waals surface area contributed by atoms with E-state index in [0.29, 0.717) is 4.88 Å². The number of nitrogens with one attached hydrogen (secondary N) is 1. The second-order valence-electron chi connectivity index (χ2n) is 4.61. The molecule has 0 unspecified atom stereocenters. The van der Waals surface area contributed by atoms with Crippen LogP contribution in [0.1, 0.15) is 32.0 Å². The number of ether oxygens (including phenoxy) is 1. The Morgan fingerprint density at radius 1 is 1.32 bits per heavy atom. The van der Waals surface area contributed by atoms with E-state index in [9.17, 15) is 14.4 Å². The lowest BCUT2D eigenvalue weighted by Crippen LogP contribution is -2.40. The molecule has 2 aromatic rings. The minimum Gasteiger partial charge on any atom is -0.459 e. The first-order chi connectivity index (χ1) is 10.5. The van der Waals surface area contributed by atoms with Crippen LogP contribution in [0.2, 0.25) is 0 Å². The summed E-state index contributed by atoms with van der Waals surface area (Å²) in [7, 11) is 0. The van der Waals surface area contributed by atoms with Crippen LogP contribution in [0.5, 0.6) is 0 Å². The summed E-state index contributed by atoms with van der Waals surface area (Å²) in [5, 5.41) is 2.43. The molecule has 0 spiro atoms. The maximum absolute atomic E-state index is 11.8. The van der Waals surface area contributed by atoms with Crippen molar-refractivity contribution in [1.29, 1.82) is 0 Å². The number of amides is 1. The summed E-state index contributed by atoms with van der Waals surface area (Å²) >= 11 is 1.34. The fourth-order valence-corrected chi connectivity index (χ4v) is 2.44. The van der Waals surface area contributed by atoms with Gasteiger partial charge in [0.05, 0.1) is 11.1 Å². The highest BCUT2D eigenvalue weighted by atomic mass is 32.1. The smallest absolute Gasteiger partial charge is 0.328 e. The van der Waals surface area contributed by atoms with Gasteiger partial charge >= 0.3 is 5.97 Å². The number of thiophene rings is 1. The van der Waals surface area contributed by atoms with Gasteiger partial charge in [-0.15, -0.1) is 11.3 Å². The topological polar surface area (TPSA) is 85.6 Å². The highest BCUT2D eigenvalue weighted by Gasteiger charge is 2.20. The van der Waals surface area contributed by atoms with Gasteiger partial charge in [-0.2, -0.15) is 0 Å². The van der Waals surface area contributed by atoms with Crippen molar-refractivity contribution in [1.82, 2.24) is 5.32 Å². The van der Waals surface area contributed by atoms with Crippen LogP contribution >= 0.6 is 11.3 Å². The van der Waals surface area contributed by atoms with Gasteiger partial charge in [-0.3, -0.25) is 9.59 Å². The molecule has 22 heavy (non-hydrogen) atoms. The summed E-state index contributed by atoms with van der Waals surface area (Å²) in [6, 6.07) is 5.69. The van der Waals surface area contributed by atoms with E-state index in [4.69, 9.17) is 9.15 Å². The molecule has 6 nitrogen and oxygen atoms in total. The Bertz CT molecular complexity index is 674. The molecule has 1 atom stereocenters. The number of carbonyl (C=O) groups excluding carboxylic acids is 3. The van der Waals surface area contributed by atoms with Gasteiger partial charge in [-0.25, -0.2) is 4.79 Å². The molecule has 1 N–H and O–H groups in total. The van der Waals surface area contributed by atoms with Gasteiger partial charge in [0.15, 0.2) is 12.4 Å². The van der Waals surface area contributed by atoms with E-state index in [1.165, 1.54) is 30.6 Å². The van der Waals surface area contributed by atoms with Crippen LogP contribution in [0.15, 0.2) is 34.9 Å². The zero-order valence-electron chi connectivity index (χ0n) is 12.1. The van der Waals surface area contributed by atoms with Crippen molar-refractivity contribution in [2.75, 3.05) is 6.61 Å². The first kappa shape index (κ1) is 16.0. The third kappa shape index (κ3) is 4.05. The molecule has 0 saturated carbocycles. The van der Waals surface area contributed by atoms with Crippen LogP contribution < -0.4 is 5.32 Å². The highest BCUT2D eigenvalue weighted by Crippen LogP contribution is 2.15. The van der Waals surface area contributed by atoms with Crippen LogP contribution in [-0.4, -0.2) is 30.3 Å². The maximum Gasteiger partial charge on any atom is 0.328 e. The number of esters is 1. The number of carbonyl (C=O) groups is 3. The Morgan fingerprint density at radius 3 is 2.68 bits per heavy atom. The number of rotatable bonds is 6. The second kappa shape index (κ2) is 7.04. The minimum absolute atomic E-state index is 0.102. The molecular weight excluding hydrogens is 306 g/mol. The van der Waals surface area contributed by atoms with Crippen LogP contribution in [-0.2, 0) is 9.53 Å². The molecule has 0 radical (unpaired) electrons. The van der Waals surface area contributed by atoms with Crippen molar-refractivity contribution >= 4 is 29.0 Å². The standard InChI is InChI=1S/C15H15NO5S/c1-9-5-6-13(22-9)11(17)8-21-15(19)10(2)16-14(18)12-4-3-7-20-12/h3-7,10H,8H2,1-2H3,(H,16,18)/t10-/m0/s1. The normalized spacial score (nSPS) is 11.7. The molecule has 2 heterocycles. The van der Waals surface area contributed by atoms with Gasteiger partial charge in [-0.05, 0) is 38.1 Å². The molecule has 0 aliphatic carbocycles. The molecule has 0 aliphatic rings. The number of ketones is 1. The summed E-state index contributed by atoms with van der Waals surface area (Å²) in [6.07, 6.45) is 1.36. The van der Waals surface area contributed by atoms with Crippen LogP contribution in [0, 0.1) is 6.92 Å². The third-order valence-corrected chi connectivity index (χ3v) is 3.85. The second-order valence-corrected chi connectivity index (χ2v) is 5.90. The molecule has 116 valence electrons. The first-order valence-corrected chi connectivity index (χ1v) is 7.39. The molecule has 2 rings (SSSR count). The zero-order chi connectivity index (χ0) is 16.1. The van der Waals surface area contributed by atoms with Crippen molar-refractivity contribution in [2.45, 2.75) is 19.9 Å². The molecule has 1 amide bonds. The number of furan rings is 1. The summed E-state index contributed by atoms with van der Waals surface area (Å²) in [6.45, 7) is 3.02. The zero-order valence-corrected chi connectivity index (χ0v) is 12.9. The molecule has 0 fully saturated rings. The molecule has 7 heteroatoms. The van der Waals surface area contributed by atoms with Crippen LogP contribution in [0.4, 0.5) is 0 Å². The summed E-state index contributed by atoms with van der Waals surface area (Å²) in [5.74, 6) is -1.36. The predicted octanol–water partition coefficient (Wildman–Crippen LogP) is 2.19. The summed E-state index contributed by atoms with van der Waals surface area (Å²) in [5.41, 5.74) is 0. The van der Waals surface area contributed by atoms with E-state index in [2.05, 4.69) is 5.32 Å². The van der Waals surface area contributed by atoms with Crippen molar-refractivity contribution in [3.63, 3.8) is 0 Å². The molecule has 0 aliphatic heterocycles. The van der Waals surface area contributed by atoms with E-state index in [0.717, 1.165) is 4.88 Å². The quantitative estimate of drug-likeness (QED) is 0.651. The predicted molar refractivity (Wildman–Crippen MR) is 80.0 cm³/mol. The molecular formula is C15H15NO5S. The number of hydrogen-bond donors (Lipinski definition) is 1. The molecule has 0 saturated heterocycles. The fourth-order valence-electron chi connectivity index (χ4n) is 1.65. The average Bonchev–Trinajstić information content (AvgIpc) is 3.15. The monoisotopic (exact) mass is 321 g/mol. The first-order valence-electron chi connectivity index (χ1n) is 6.58. The van der Waals surface area contributed by atoms with Gasteiger partial charge < -0.3 is 14.5 Å². The molecule has 0 bridgehead atoms. The SMILES string of the molecule is Cc1ccc(C(=O)COC(=O)[C@H](C)NC(=O)c2ccco2)s1. The van der Waals surface area contributed by atoms with E-state index in [-0.39, 0.29) is 18.2 Å². The molecule has 0 aromatic carbocycles. The highest BCUT2D eigenvalue weighted by molar-refractivity contribution is 7.14. The van der Waals surface area contributed by atoms with Gasteiger partial charge in [-0.1, -0.05) is 0 Å². The fraction of sp³-hybridized carbons (Fsp3) is 0.267. The van der Waals surface area contributed by atoms with E-state index in [1.807, 2.05) is 13.0 Å². The average molecular weight is 321 g/mol. The van der Waals surface area contributed by atoms with Crippen LogP contribution in [0.25, 0.3) is 0 Å². The summed E-state index contributed by atoms with van der Waals surface area (Å²) < 4.78 is 9.84. The number of aryl methyl sites for hydroxylation is 1. The Kier molecular flexibility index (Phi) is 5.11. The number of hydrogen-bond acceptors (Lipinski definition) is 6. The van der Waals surface area contributed by atoms with Gasteiger partial charge in [0.1, 0.15) is 6.04 Å². The lowest BCUT2D eigenvalue weighted by atomic mass is 10.3. The van der Waals surface area contributed by atoms with Gasteiger partial charge in [0, 0.05) is 4.88 Å². The number of Topliss-reactive ketones (excluding diaryl/α,β-unsaturated/α-hetero) is 1. The van der Waals surface area contributed by atoms with E-state index < -0.39 is 17.9 Å². The van der Waals surface area contributed by atoms with Crippen molar-refractivity contribution in [3.05, 3.63) is 46.0 Å². The molecule has 2 aromatic heterocycles. The van der Waals surface area contributed by atoms with E-state index >= 15 is 0 Å². The summed E-state index contributed by atoms with van der Waals surface area (Å²) in [4.78, 5) is 36.9. The lowest BCUT2D eigenvalue weighted by Gasteiger charge is -2.11. The van der Waals surface area contributed by atoms with Crippen LogP contribution in [0.3, 0.4) is 0 Å².